The van der Waals surface area contributed by atoms with E-state index < -0.39 is 23.5 Å². The summed E-state index contributed by atoms with van der Waals surface area (Å²) in [6, 6.07) is 14.5. The minimum atomic E-state index is -0.947. The summed E-state index contributed by atoms with van der Waals surface area (Å²) in [5.74, 6) is -0.554. The lowest BCUT2D eigenvalue weighted by molar-refractivity contribution is -0.117. The molecule has 2 aromatic carbocycles. The number of aryl methyl sites for hydroxylation is 3. The van der Waals surface area contributed by atoms with Gasteiger partial charge in [-0.3, -0.25) is 14.5 Å². The van der Waals surface area contributed by atoms with Crippen LogP contribution in [-0.4, -0.2) is 38.6 Å². The molecule has 0 radical (unpaired) electrons. The Labute approximate surface area is 238 Å². The van der Waals surface area contributed by atoms with Gasteiger partial charge >= 0.3 is 0 Å². The SMILES string of the molecule is CCOc1ccccc1C1C(C(=O)c2sc(C)nc2C)=C(O)C(=O)N1c1nnc(SCc2ccc(C)cc2)s1. The summed E-state index contributed by atoms with van der Waals surface area (Å²) in [6.07, 6.45) is 0. The van der Waals surface area contributed by atoms with E-state index in [2.05, 4.69) is 39.4 Å². The van der Waals surface area contributed by atoms with Crippen LogP contribution in [0.4, 0.5) is 5.13 Å². The first-order chi connectivity index (χ1) is 18.8. The summed E-state index contributed by atoms with van der Waals surface area (Å²) in [5, 5.41) is 20.7. The number of anilines is 1. The maximum absolute atomic E-state index is 13.9. The number of para-hydroxylation sites is 1. The van der Waals surface area contributed by atoms with Crippen LogP contribution in [0.5, 0.6) is 5.75 Å². The van der Waals surface area contributed by atoms with Crippen LogP contribution in [0.25, 0.3) is 0 Å². The van der Waals surface area contributed by atoms with Crippen LogP contribution < -0.4 is 9.64 Å². The summed E-state index contributed by atoms with van der Waals surface area (Å²) in [5.41, 5.74) is 3.43. The lowest BCUT2D eigenvalue weighted by Crippen LogP contribution is -2.31. The van der Waals surface area contributed by atoms with Crippen LogP contribution >= 0.6 is 34.4 Å². The number of hydrogen-bond acceptors (Lipinski definition) is 10. The van der Waals surface area contributed by atoms with E-state index in [1.165, 1.54) is 44.9 Å². The van der Waals surface area contributed by atoms with Gasteiger partial charge in [-0.2, -0.15) is 0 Å². The second-order valence-electron chi connectivity index (χ2n) is 8.91. The maximum atomic E-state index is 13.9. The van der Waals surface area contributed by atoms with Gasteiger partial charge < -0.3 is 9.84 Å². The molecule has 1 atom stereocenters. The highest BCUT2D eigenvalue weighted by Gasteiger charge is 2.47. The van der Waals surface area contributed by atoms with Gasteiger partial charge in [-0.25, -0.2) is 4.98 Å². The first kappa shape index (κ1) is 27.0. The molecule has 1 aliphatic heterocycles. The van der Waals surface area contributed by atoms with Gasteiger partial charge in [-0.15, -0.1) is 21.5 Å². The Morgan fingerprint density at radius 1 is 1.08 bits per heavy atom. The molecule has 1 aliphatic rings. The van der Waals surface area contributed by atoms with E-state index >= 15 is 0 Å². The van der Waals surface area contributed by atoms with Crippen molar-refractivity contribution >= 4 is 51.3 Å². The van der Waals surface area contributed by atoms with Crippen molar-refractivity contribution in [3.05, 3.63) is 92.1 Å². The maximum Gasteiger partial charge on any atom is 0.296 e. The summed E-state index contributed by atoms with van der Waals surface area (Å²) in [7, 11) is 0. The van der Waals surface area contributed by atoms with Crippen molar-refractivity contribution in [2.24, 2.45) is 0 Å². The zero-order chi connectivity index (χ0) is 27.7. The number of ketones is 1. The van der Waals surface area contributed by atoms with Crippen molar-refractivity contribution in [1.29, 1.82) is 0 Å². The summed E-state index contributed by atoms with van der Waals surface area (Å²) in [6.45, 7) is 7.85. The molecule has 0 saturated carbocycles. The fraction of sp³-hybridized carbons (Fsp3) is 0.250. The molecular weight excluding hydrogens is 553 g/mol. The first-order valence-electron chi connectivity index (χ1n) is 12.3. The van der Waals surface area contributed by atoms with Crippen LogP contribution in [0.2, 0.25) is 0 Å². The van der Waals surface area contributed by atoms with Gasteiger partial charge in [0, 0.05) is 11.3 Å². The number of aliphatic hydroxyl groups excluding tert-OH is 1. The van der Waals surface area contributed by atoms with E-state index in [1.807, 2.05) is 32.9 Å². The number of thiazole rings is 1. The van der Waals surface area contributed by atoms with Crippen LogP contribution in [0.1, 0.15) is 50.0 Å². The van der Waals surface area contributed by atoms with Crippen molar-refractivity contribution in [2.75, 3.05) is 11.5 Å². The number of ether oxygens (including phenoxy) is 1. The molecule has 0 fully saturated rings. The Morgan fingerprint density at radius 2 is 1.82 bits per heavy atom. The topological polar surface area (TPSA) is 106 Å². The van der Waals surface area contributed by atoms with E-state index in [4.69, 9.17) is 4.74 Å². The number of thioether (sulfide) groups is 1. The molecule has 0 saturated heterocycles. The van der Waals surface area contributed by atoms with Crippen LogP contribution in [-0.2, 0) is 10.5 Å². The quantitative estimate of drug-likeness (QED) is 0.138. The molecule has 2 aromatic heterocycles. The fourth-order valence-electron chi connectivity index (χ4n) is 4.37. The van der Waals surface area contributed by atoms with Crippen LogP contribution in [0.15, 0.2) is 64.2 Å². The van der Waals surface area contributed by atoms with Crippen LogP contribution in [0.3, 0.4) is 0 Å². The first-order valence-corrected chi connectivity index (χ1v) is 14.9. The number of Topliss-reactive ketones (excluding diaryl/α,β-unsaturated/α-hetero) is 1. The number of benzene rings is 2. The standard InChI is InChI=1S/C28H26N4O4S3/c1-5-36-20-9-7-6-8-19(20)22-21(23(33)25-16(3)29-17(4)38-25)24(34)26(35)32(22)27-30-31-28(39-27)37-14-18-12-10-15(2)11-13-18/h6-13,22,34H,5,14H2,1-4H3. The van der Waals surface area contributed by atoms with Gasteiger partial charge in [-0.1, -0.05) is 71.1 Å². The highest BCUT2D eigenvalue weighted by atomic mass is 32.2. The van der Waals surface area contributed by atoms with Gasteiger partial charge in [0.05, 0.1) is 27.8 Å². The molecule has 8 nitrogen and oxygen atoms in total. The lowest BCUT2D eigenvalue weighted by atomic mass is 9.94. The monoisotopic (exact) mass is 578 g/mol. The van der Waals surface area contributed by atoms with Crippen molar-refractivity contribution in [1.82, 2.24) is 15.2 Å². The number of nitrogens with zero attached hydrogens (tertiary/aromatic N) is 4. The average Bonchev–Trinajstić information content (AvgIpc) is 3.59. The number of aromatic nitrogens is 3. The number of rotatable bonds is 9. The minimum Gasteiger partial charge on any atom is -0.503 e. The normalized spacial score (nSPS) is 15.3. The summed E-state index contributed by atoms with van der Waals surface area (Å²) >= 11 is 3.98. The van der Waals surface area contributed by atoms with Crippen molar-refractivity contribution in [3.63, 3.8) is 0 Å². The van der Waals surface area contributed by atoms with Gasteiger partial charge in [0.25, 0.3) is 5.91 Å². The highest BCUT2D eigenvalue weighted by molar-refractivity contribution is 8.00. The fourth-order valence-corrected chi connectivity index (χ4v) is 7.07. The number of hydrogen-bond donors (Lipinski definition) is 1. The van der Waals surface area contributed by atoms with E-state index in [0.717, 1.165) is 10.6 Å². The molecule has 1 N–H and O–H groups in total. The molecule has 4 aromatic rings. The second kappa shape index (κ2) is 11.3. The van der Waals surface area contributed by atoms with Crippen molar-refractivity contribution in [2.45, 2.75) is 43.8 Å². The molecule has 0 aliphatic carbocycles. The molecule has 200 valence electrons. The molecule has 11 heteroatoms. The average molecular weight is 579 g/mol. The Bertz CT molecular complexity index is 1580. The highest BCUT2D eigenvalue weighted by Crippen LogP contribution is 2.46. The summed E-state index contributed by atoms with van der Waals surface area (Å²) in [4.78, 5) is 33.5. The number of carbonyl (C=O) groups is 2. The number of carbonyl (C=O) groups excluding carboxylic acids is 2. The Morgan fingerprint density at radius 3 is 2.51 bits per heavy atom. The van der Waals surface area contributed by atoms with E-state index in [-0.39, 0.29) is 10.7 Å². The van der Waals surface area contributed by atoms with E-state index in [1.54, 1.807) is 19.1 Å². The molecule has 5 rings (SSSR count). The molecule has 0 spiro atoms. The Hall–Kier alpha value is -3.54. The summed E-state index contributed by atoms with van der Waals surface area (Å²) < 4.78 is 6.54. The molecule has 0 bridgehead atoms. The van der Waals surface area contributed by atoms with E-state index in [0.29, 0.717) is 38.6 Å². The zero-order valence-electron chi connectivity index (χ0n) is 21.8. The smallest absolute Gasteiger partial charge is 0.296 e. The number of amides is 1. The molecular formula is C28H26N4O4S3. The van der Waals surface area contributed by atoms with Crippen LogP contribution in [0, 0.1) is 20.8 Å². The van der Waals surface area contributed by atoms with Crippen molar-refractivity contribution in [3.8, 4) is 5.75 Å². The third kappa shape index (κ3) is 5.34. The molecule has 39 heavy (non-hydrogen) atoms. The molecule has 1 unspecified atom stereocenters. The van der Waals surface area contributed by atoms with Gasteiger partial charge in [0.2, 0.25) is 10.9 Å². The minimum absolute atomic E-state index is 0.0250. The molecule has 1 amide bonds. The number of aliphatic hydroxyl groups is 1. The second-order valence-corrected chi connectivity index (χ2v) is 12.3. The van der Waals surface area contributed by atoms with Gasteiger partial charge in [0.1, 0.15) is 11.8 Å². The predicted octanol–water partition coefficient (Wildman–Crippen LogP) is 6.39. The van der Waals surface area contributed by atoms with Gasteiger partial charge in [0.15, 0.2) is 10.1 Å². The van der Waals surface area contributed by atoms with Gasteiger partial charge in [-0.05, 0) is 39.3 Å². The largest absolute Gasteiger partial charge is 0.503 e. The predicted molar refractivity (Wildman–Crippen MR) is 154 cm³/mol. The zero-order valence-corrected chi connectivity index (χ0v) is 24.2. The van der Waals surface area contributed by atoms with E-state index in [9.17, 15) is 14.7 Å². The lowest BCUT2D eigenvalue weighted by Gasteiger charge is -2.25. The third-order valence-corrected chi connectivity index (χ3v) is 9.36. The Kier molecular flexibility index (Phi) is 7.83. The Balaban J connectivity index is 1.54. The third-order valence-electron chi connectivity index (χ3n) is 6.16. The molecule has 3 heterocycles. The van der Waals surface area contributed by atoms with Crippen molar-refractivity contribution < 1.29 is 19.4 Å².